The van der Waals surface area contributed by atoms with E-state index in [1.165, 1.54) is 0 Å². The van der Waals surface area contributed by atoms with Gasteiger partial charge in [0.15, 0.2) is 5.96 Å². The molecule has 0 aliphatic heterocycles. The van der Waals surface area contributed by atoms with Gasteiger partial charge in [-0.1, -0.05) is 19.9 Å². The first-order chi connectivity index (χ1) is 10.1. The normalized spacial score (nSPS) is 11.0. The topological polar surface area (TPSA) is 65.9 Å². The van der Waals surface area contributed by atoms with Gasteiger partial charge in [0, 0.05) is 26.2 Å². The average Bonchev–Trinajstić information content (AvgIpc) is 2.46. The molecule has 126 valence electrons. The quantitative estimate of drug-likeness (QED) is 0.360. The molecule has 0 fully saturated rings. The maximum Gasteiger partial charge on any atom is 0.190 e. The van der Waals surface area contributed by atoms with Gasteiger partial charge >= 0.3 is 0 Å². The minimum Gasteiger partial charge on any atom is -0.508 e. The molecule has 1 aromatic rings. The molecule has 0 aliphatic carbocycles. The standard InChI is InChI=1S/C16H27N3O2.HI/c1-12(2)7-9-18-16(17-3)19-10-8-13-5-6-14(21-4)11-15(13)20;/h5-6,11-12,20H,7-10H2,1-4H3,(H2,17,18,19);1H. The van der Waals surface area contributed by atoms with Crippen LogP contribution in [0.3, 0.4) is 0 Å². The summed E-state index contributed by atoms with van der Waals surface area (Å²) in [5.41, 5.74) is 0.890. The highest BCUT2D eigenvalue weighted by Gasteiger charge is 2.04. The fraction of sp³-hybridized carbons (Fsp3) is 0.562. The van der Waals surface area contributed by atoms with Gasteiger partial charge in [0.2, 0.25) is 0 Å². The second-order valence-electron chi connectivity index (χ2n) is 5.35. The number of aromatic hydroxyl groups is 1. The van der Waals surface area contributed by atoms with Crippen molar-refractivity contribution in [2.45, 2.75) is 26.7 Å². The summed E-state index contributed by atoms with van der Waals surface area (Å²) < 4.78 is 5.07. The Morgan fingerprint density at radius 1 is 1.27 bits per heavy atom. The van der Waals surface area contributed by atoms with E-state index in [0.29, 0.717) is 18.2 Å². The van der Waals surface area contributed by atoms with Crippen LogP contribution in [0, 0.1) is 5.92 Å². The van der Waals surface area contributed by atoms with Gasteiger partial charge in [0.25, 0.3) is 0 Å². The summed E-state index contributed by atoms with van der Waals surface area (Å²) in [5.74, 6) is 2.39. The molecular weight excluding hydrogens is 393 g/mol. The molecule has 1 rings (SSSR count). The predicted octanol–water partition coefficient (Wildman–Crippen LogP) is 2.77. The first-order valence-corrected chi connectivity index (χ1v) is 7.37. The van der Waals surface area contributed by atoms with Crippen LogP contribution in [-0.4, -0.2) is 38.3 Å². The Balaban J connectivity index is 0.00000441. The minimum atomic E-state index is 0. The van der Waals surface area contributed by atoms with E-state index in [1.54, 1.807) is 20.2 Å². The van der Waals surface area contributed by atoms with E-state index in [1.807, 2.05) is 12.1 Å². The zero-order valence-electron chi connectivity index (χ0n) is 13.8. The molecule has 0 bridgehead atoms. The molecule has 0 spiro atoms. The van der Waals surface area contributed by atoms with E-state index in [0.717, 1.165) is 30.9 Å². The molecule has 6 heteroatoms. The zero-order valence-corrected chi connectivity index (χ0v) is 16.2. The lowest BCUT2D eigenvalue weighted by Crippen LogP contribution is -2.39. The third kappa shape index (κ3) is 7.72. The molecular formula is C16H28IN3O2. The molecule has 0 saturated carbocycles. The zero-order chi connectivity index (χ0) is 15.7. The number of hydrogen-bond acceptors (Lipinski definition) is 3. The number of nitrogens with zero attached hydrogens (tertiary/aromatic N) is 1. The Labute approximate surface area is 150 Å². The van der Waals surface area contributed by atoms with Crippen molar-refractivity contribution in [3.05, 3.63) is 23.8 Å². The van der Waals surface area contributed by atoms with E-state index >= 15 is 0 Å². The summed E-state index contributed by atoms with van der Waals surface area (Å²) in [5, 5.41) is 16.4. The Morgan fingerprint density at radius 3 is 2.50 bits per heavy atom. The number of methoxy groups -OCH3 is 1. The fourth-order valence-corrected chi connectivity index (χ4v) is 1.90. The molecule has 3 N–H and O–H groups in total. The maximum absolute atomic E-state index is 9.89. The van der Waals surface area contributed by atoms with Crippen LogP contribution >= 0.6 is 24.0 Å². The molecule has 22 heavy (non-hydrogen) atoms. The second kappa shape index (κ2) is 11.4. The summed E-state index contributed by atoms with van der Waals surface area (Å²) in [6, 6.07) is 5.36. The van der Waals surface area contributed by atoms with Crippen molar-refractivity contribution in [3.63, 3.8) is 0 Å². The van der Waals surface area contributed by atoms with Crippen LogP contribution in [0.25, 0.3) is 0 Å². The lowest BCUT2D eigenvalue weighted by Gasteiger charge is -2.13. The predicted molar refractivity (Wildman–Crippen MR) is 103 cm³/mol. The van der Waals surface area contributed by atoms with Gasteiger partial charge in [-0.15, -0.1) is 24.0 Å². The van der Waals surface area contributed by atoms with Crippen LogP contribution in [0.5, 0.6) is 11.5 Å². The monoisotopic (exact) mass is 421 g/mol. The summed E-state index contributed by atoms with van der Waals surface area (Å²) in [4.78, 5) is 4.18. The lowest BCUT2D eigenvalue weighted by atomic mass is 10.1. The highest BCUT2D eigenvalue weighted by Crippen LogP contribution is 2.23. The molecule has 0 aliphatic rings. The van der Waals surface area contributed by atoms with Crippen molar-refractivity contribution >= 4 is 29.9 Å². The number of benzene rings is 1. The molecule has 1 aromatic carbocycles. The molecule has 5 nitrogen and oxygen atoms in total. The Morgan fingerprint density at radius 2 is 1.95 bits per heavy atom. The number of ether oxygens (including phenoxy) is 1. The average molecular weight is 421 g/mol. The highest BCUT2D eigenvalue weighted by molar-refractivity contribution is 14.0. The van der Waals surface area contributed by atoms with Crippen LogP contribution in [0.1, 0.15) is 25.8 Å². The van der Waals surface area contributed by atoms with Gasteiger partial charge in [0.05, 0.1) is 7.11 Å². The molecule has 0 saturated heterocycles. The van der Waals surface area contributed by atoms with Gasteiger partial charge in [-0.05, 0) is 30.4 Å². The van der Waals surface area contributed by atoms with Gasteiger partial charge in [0.1, 0.15) is 11.5 Å². The highest BCUT2D eigenvalue weighted by atomic mass is 127. The maximum atomic E-state index is 9.89. The number of hydrogen-bond donors (Lipinski definition) is 3. The summed E-state index contributed by atoms with van der Waals surface area (Å²) in [6.07, 6.45) is 1.83. The largest absolute Gasteiger partial charge is 0.508 e. The number of aliphatic imine (C=N–C) groups is 1. The van der Waals surface area contributed by atoms with Crippen molar-refractivity contribution in [3.8, 4) is 11.5 Å². The molecule has 0 heterocycles. The van der Waals surface area contributed by atoms with Gasteiger partial charge < -0.3 is 20.5 Å². The fourth-order valence-electron chi connectivity index (χ4n) is 1.90. The van der Waals surface area contributed by atoms with Crippen LogP contribution in [-0.2, 0) is 6.42 Å². The van der Waals surface area contributed by atoms with Crippen LogP contribution < -0.4 is 15.4 Å². The van der Waals surface area contributed by atoms with Gasteiger partial charge in [-0.3, -0.25) is 4.99 Å². The molecule has 0 amide bonds. The summed E-state index contributed by atoms with van der Waals surface area (Å²) in [6.45, 7) is 6.01. The van der Waals surface area contributed by atoms with Crippen molar-refractivity contribution in [1.29, 1.82) is 0 Å². The number of guanidine groups is 1. The molecule has 0 aromatic heterocycles. The SMILES string of the molecule is CN=C(NCCc1ccc(OC)cc1O)NCCC(C)C.I. The van der Waals surface area contributed by atoms with Crippen molar-refractivity contribution in [2.24, 2.45) is 10.9 Å². The molecule has 0 unspecified atom stereocenters. The van der Waals surface area contributed by atoms with E-state index in [-0.39, 0.29) is 29.7 Å². The van der Waals surface area contributed by atoms with Crippen LogP contribution in [0.15, 0.2) is 23.2 Å². The number of rotatable bonds is 7. The van der Waals surface area contributed by atoms with E-state index in [4.69, 9.17) is 4.74 Å². The number of halogens is 1. The van der Waals surface area contributed by atoms with E-state index < -0.39 is 0 Å². The number of nitrogens with one attached hydrogen (secondary N) is 2. The Kier molecular flexibility index (Phi) is 10.8. The Hall–Kier alpha value is -1.18. The van der Waals surface area contributed by atoms with E-state index in [2.05, 4.69) is 29.5 Å². The first-order valence-electron chi connectivity index (χ1n) is 7.37. The lowest BCUT2D eigenvalue weighted by molar-refractivity contribution is 0.406. The second-order valence-corrected chi connectivity index (χ2v) is 5.35. The third-order valence-electron chi connectivity index (χ3n) is 3.22. The van der Waals surface area contributed by atoms with Crippen molar-refractivity contribution < 1.29 is 9.84 Å². The van der Waals surface area contributed by atoms with Gasteiger partial charge in [-0.25, -0.2) is 0 Å². The van der Waals surface area contributed by atoms with E-state index in [9.17, 15) is 5.11 Å². The van der Waals surface area contributed by atoms with Crippen LogP contribution in [0.2, 0.25) is 0 Å². The van der Waals surface area contributed by atoms with Crippen molar-refractivity contribution in [2.75, 3.05) is 27.2 Å². The van der Waals surface area contributed by atoms with Gasteiger partial charge in [-0.2, -0.15) is 0 Å². The third-order valence-corrected chi connectivity index (χ3v) is 3.22. The summed E-state index contributed by atoms with van der Waals surface area (Å²) in [7, 11) is 3.35. The smallest absolute Gasteiger partial charge is 0.190 e. The van der Waals surface area contributed by atoms with Crippen molar-refractivity contribution in [1.82, 2.24) is 10.6 Å². The molecule has 0 radical (unpaired) electrons. The number of phenolic OH excluding ortho intramolecular Hbond substituents is 1. The number of phenols is 1. The minimum absolute atomic E-state index is 0. The first kappa shape index (κ1) is 20.8. The molecule has 0 atom stereocenters. The van der Waals surface area contributed by atoms with Crippen LogP contribution in [0.4, 0.5) is 0 Å². The summed E-state index contributed by atoms with van der Waals surface area (Å²) >= 11 is 0. The Bertz CT molecular complexity index is 465.